The second-order valence-corrected chi connectivity index (χ2v) is 15.4. The van der Waals surface area contributed by atoms with Gasteiger partial charge in [-0.2, -0.15) is 13.6 Å². The van der Waals surface area contributed by atoms with Crippen LogP contribution in [0.5, 0.6) is 0 Å². The highest BCUT2D eigenvalue weighted by atomic mass is 33.1. The maximum Gasteiger partial charge on any atom is 0.490 e. The standard InChI is InChI=1S/C13H25BN3O13P3S2/c1-13(2,14)35-34-7-26-8-5-11(17-4-3-10(15)16-12(17)18)28-9(8)6-27-32(22,23)30-33(24,25)29-31(19,20)21/h3-4,8-9,11H,5-7,14H2,1-2H3,(H,22,23)(H,24,25)(H2,15,16,18)(H2,19,20,21)/t8-,9?,11-/m1/s1. The van der Waals surface area contributed by atoms with E-state index in [1.165, 1.54) is 23.1 Å². The van der Waals surface area contributed by atoms with Gasteiger partial charge in [0.25, 0.3) is 0 Å². The zero-order valence-corrected chi connectivity index (χ0v) is 22.9. The van der Waals surface area contributed by atoms with Crippen molar-refractivity contribution in [3.63, 3.8) is 0 Å². The van der Waals surface area contributed by atoms with Crippen LogP contribution >= 0.6 is 45.1 Å². The van der Waals surface area contributed by atoms with E-state index in [-0.39, 0.29) is 22.8 Å². The largest absolute Gasteiger partial charge is 0.490 e. The summed E-state index contributed by atoms with van der Waals surface area (Å²) >= 11 is 0. The summed E-state index contributed by atoms with van der Waals surface area (Å²) in [7, 11) is -11.6. The third-order valence-corrected chi connectivity index (χ3v) is 10.6. The third-order valence-electron chi connectivity index (χ3n) is 3.80. The molecule has 1 aliphatic rings. The second-order valence-electron chi connectivity index (χ2n) is 7.93. The number of hydrogen-bond acceptors (Lipinski definition) is 13. The number of phosphoric acid groups is 3. The Morgan fingerprint density at radius 3 is 2.49 bits per heavy atom. The van der Waals surface area contributed by atoms with Gasteiger partial charge >= 0.3 is 29.2 Å². The van der Waals surface area contributed by atoms with E-state index >= 15 is 0 Å². The van der Waals surface area contributed by atoms with Gasteiger partial charge in [-0.05, 0) is 10.7 Å². The van der Waals surface area contributed by atoms with Gasteiger partial charge in [-0.3, -0.25) is 9.09 Å². The van der Waals surface area contributed by atoms with Gasteiger partial charge in [0.2, 0.25) is 0 Å². The lowest BCUT2D eigenvalue weighted by Gasteiger charge is -2.22. The molecule has 6 N–H and O–H groups in total. The number of nitrogens with two attached hydrogens (primary N) is 1. The summed E-state index contributed by atoms with van der Waals surface area (Å²) < 4.78 is 58.9. The molecule has 22 heteroatoms. The lowest BCUT2D eigenvalue weighted by Crippen LogP contribution is -2.29. The molecule has 1 aliphatic heterocycles. The molecular weight excluding hydrogens is 574 g/mol. The lowest BCUT2D eigenvalue weighted by atomic mass is 9.91. The van der Waals surface area contributed by atoms with Crippen molar-refractivity contribution in [2.24, 2.45) is 0 Å². The normalized spacial score (nSPS) is 24.7. The zero-order valence-electron chi connectivity index (χ0n) is 18.6. The van der Waals surface area contributed by atoms with Crippen LogP contribution in [0, 0.1) is 0 Å². The zero-order chi connectivity index (χ0) is 26.7. The van der Waals surface area contributed by atoms with Gasteiger partial charge in [-0.1, -0.05) is 35.4 Å². The Morgan fingerprint density at radius 1 is 1.26 bits per heavy atom. The van der Waals surface area contributed by atoms with Crippen molar-refractivity contribution in [1.29, 1.82) is 0 Å². The third kappa shape index (κ3) is 11.4. The molecule has 0 aromatic carbocycles. The monoisotopic (exact) mass is 599 g/mol. The van der Waals surface area contributed by atoms with E-state index in [0.29, 0.717) is 0 Å². The summed E-state index contributed by atoms with van der Waals surface area (Å²) in [5.74, 6) is 0.181. The van der Waals surface area contributed by atoms with E-state index in [1.54, 1.807) is 10.8 Å². The predicted octanol–water partition coefficient (Wildman–Crippen LogP) is 0.550. The first-order chi connectivity index (χ1) is 15.9. The molecule has 0 radical (unpaired) electrons. The second kappa shape index (κ2) is 12.1. The van der Waals surface area contributed by atoms with Crippen LogP contribution in [0.25, 0.3) is 0 Å². The van der Waals surface area contributed by atoms with Crippen LogP contribution in [0.3, 0.4) is 0 Å². The quantitative estimate of drug-likeness (QED) is 0.0684. The molecule has 1 aromatic heterocycles. The fourth-order valence-electron chi connectivity index (χ4n) is 2.63. The number of nitrogens with zero attached hydrogens (tertiary/aromatic N) is 2. The Labute approximate surface area is 208 Å². The molecule has 0 aliphatic carbocycles. The van der Waals surface area contributed by atoms with Gasteiger partial charge in [0.05, 0.1) is 12.7 Å². The first-order valence-electron chi connectivity index (χ1n) is 9.56. The number of aromatic nitrogens is 2. The molecule has 1 saturated heterocycles. The maximum absolute atomic E-state index is 12.2. The highest BCUT2D eigenvalue weighted by Gasteiger charge is 2.43. The minimum absolute atomic E-state index is 0.00291. The molecule has 2 rings (SSSR count). The van der Waals surface area contributed by atoms with Crippen LogP contribution in [-0.4, -0.2) is 66.4 Å². The number of nitrogen functional groups attached to an aromatic ring is 1. The van der Waals surface area contributed by atoms with E-state index in [9.17, 15) is 28.3 Å². The average molecular weight is 599 g/mol. The van der Waals surface area contributed by atoms with Crippen molar-refractivity contribution in [2.75, 3.05) is 18.3 Å². The van der Waals surface area contributed by atoms with Crippen LogP contribution in [0.4, 0.5) is 5.82 Å². The van der Waals surface area contributed by atoms with E-state index in [2.05, 4.69) is 18.1 Å². The van der Waals surface area contributed by atoms with Crippen LogP contribution in [0.2, 0.25) is 0 Å². The average Bonchev–Trinajstić information content (AvgIpc) is 3.02. The van der Waals surface area contributed by atoms with Crippen LogP contribution in [-0.2, 0) is 36.3 Å². The van der Waals surface area contributed by atoms with Crippen LogP contribution in [0.1, 0.15) is 26.5 Å². The van der Waals surface area contributed by atoms with Crippen molar-refractivity contribution >= 4 is 58.7 Å². The summed E-state index contributed by atoms with van der Waals surface area (Å²) in [5.41, 5.74) is 4.78. The van der Waals surface area contributed by atoms with E-state index in [1.807, 2.05) is 21.7 Å². The molecule has 0 spiro atoms. The smallest absolute Gasteiger partial charge is 0.383 e. The Balaban J connectivity index is 2.09. The van der Waals surface area contributed by atoms with Gasteiger partial charge in [-0.15, -0.1) is 0 Å². The molecule has 200 valence electrons. The van der Waals surface area contributed by atoms with Gasteiger partial charge in [0, 0.05) is 12.6 Å². The van der Waals surface area contributed by atoms with Gasteiger partial charge < -0.3 is 34.8 Å². The highest BCUT2D eigenvalue weighted by molar-refractivity contribution is 8.77. The van der Waals surface area contributed by atoms with Crippen molar-refractivity contribution in [1.82, 2.24) is 9.55 Å². The summed E-state index contributed by atoms with van der Waals surface area (Å²) in [4.78, 5) is 52.0. The molecule has 2 heterocycles. The minimum Gasteiger partial charge on any atom is -0.383 e. The molecule has 35 heavy (non-hydrogen) atoms. The maximum atomic E-state index is 12.2. The van der Waals surface area contributed by atoms with E-state index in [0.717, 1.165) is 4.57 Å². The first kappa shape index (κ1) is 31.0. The molecular formula is C13H25BN3O13P3S2. The SMILES string of the molecule is BC(C)(C)SSCO[C@@H]1C[C@H](n2ccc(N)nc2=O)OC1COP(=O)(O)OP(=O)(O)OP(=O)(O)O. The van der Waals surface area contributed by atoms with Gasteiger partial charge in [-0.25, -0.2) is 18.5 Å². The van der Waals surface area contributed by atoms with Crippen molar-refractivity contribution in [3.8, 4) is 0 Å². The molecule has 5 atom stereocenters. The van der Waals surface area contributed by atoms with Crippen LogP contribution in [0.15, 0.2) is 17.1 Å². The topological polar surface area (TPSA) is 239 Å². The highest BCUT2D eigenvalue weighted by Crippen LogP contribution is 2.66. The van der Waals surface area contributed by atoms with Crippen molar-refractivity contribution < 1.29 is 55.9 Å². The van der Waals surface area contributed by atoms with Crippen molar-refractivity contribution in [3.05, 3.63) is 22.7 Å². The fraction of sp³-hybridized carbons (Fsp3) is 0.692. The number of hydrogen-bond donors (Lipinski definition) is 5. The number of rotatable bonds is 13. The van der Waals surface area contributed by atoms with Crippen molar-refractivity contribution in [2.45, 2.75) is 43.4 Å². The molecule has 1 fully saturated rings. The Bertz CT molecular complexity index is 1080. The molecule has 3 unspecified atom stereocenters. The molecule has 0 bridgehead atoms. The number of phosphoric ester groups is 1. The Hall–Kier alpha value is -0.225. The summed E-state index contributed by atoms with van der Waals surface area (Å²) in [5, 5.41) is 0. The Kier molecular flexibility index (Phi) is 10.7. The minimum atomic E-state index is -5.67. The fourth-order valence-corrected chi connectivity index (χ4v) is 7.66. The van der Waals surface area contributed by atoms with Gasteiger partial charge in [0.1, 0.15) is 31.9 Å². The van der Waals surface area contributed by atoms with Crippen LogP contribution < -0.4 is 11.4 Å². The number of anilines is 1. The number of ether oxygens (including phenoxy) is 2. The lowest BCUT2D eigenvalue weighted by molar-refractivity contribution is -0.0542. The van der Waals surface area contributed by atoms with E-state index < -0.39 is 54.2 Å². The van der Waals surface area contributed by atoms with E-state index in [4.69, 9.17) is 25.0 Å². The summed E-state index contributed by atoms with van der Waals surface area (Å²) in [6, 6.07) is 1.37. The van der Waals surface area contributed by atoms with Gasteiger partial charge in [0.15, 0.2) is 0 Å². The Morgan fingerprint density at radius 2 is 1.91 bits per heavy atom. The summed E-state index contributed by atoms with van der Waals surface area (Å²) in [6.07, 6.45) is -1.27. The molecule has 0 saturated carbocycles. The summed E-state index contributed by atoms with van der Waals surface area (Å²) in [6.45, 7) is 3.29. The molecule has 16 nitrogen and oxygen atoms in total. The predicted molar refractivity (Wildman–Crippen MR) is 129 cm³/mol. The first-order valence-corrected chi connectivity index (χ1v) is 16.4. The molecule has 1 aromatic rings. The molecule has 0 amide bonds.